The van der Waals surface area contributed by atoms with Gasteiger partial charge in [0.1, 0.15) is 0 Å². The minimum Gasteiger partial charge on any atom is -0.319 e. The van der Waals surface area contributed by atoms with Crippen molar-refractivity contribution < 1.29 is 0 Å². The summed E-state index contributed by atoms with van der Waals surface area (Å²) in [4.78, 5) is 0. The SMILES string of the molecule is NC(c1ccc(Cl)cc1)c1cnnn1-c1ccccc1. The lowest BCUT2D eigenvalue weighted by Crippen LogP contribution is -2.16. The number of nitrogens with two attached hydrogens (primary N) is 1. The summed E-state index contributed by atoms with van der Waals surface area (Å²) in [7, 11) is 0. The third-order valence-electron chi connectivity index (χ3n) is 3.12. The van der Waals surface area contributed by atoms with E-state index in [2.05, 4.69) is 10.3 Å². The number of rotatable bonds is 3. The number of para-hydroxylation sites is 1. The molecule has 0 saturated carbocycles. The molecule has 1 unspecified atom stereocenters. The van der Waals surface area contributed by atoms with Gasteiger partial charge in [0, 0.05) is 5.02 Å². The number of benzene rings is 2. The van der Waals surface area contributed by atoms with Crippen molar-refractivity contribution in [3.05, 3.63) is 77.1 Å². The minimum absolute atomic E-state index is 0.303. The van der Waals surface area contributed by atoms with Gasteiger partial charge in [-0.2, -0.15) is 0 Å². The molecule has 0 fully saturated rings. The van der Waals surface area contributed by atoms with Gasteiger partial charge in [-0.25, -0.2) is 4.68 Å². The molecule has 0 bridgehead atoms. The van der Waals surface area contributed by atoms with E-state index in [9.17, 15) is 0 Å². The molecule has 4 nitrogen and oxygen atoms in total. The second kappa shape index (κ2) is 5.45. The van der Waals surface area contributed by atoms with E-state index in [-0.39, 0.29) is 6.04 Å². The van der Waals surface area contributed by atoms with E-state index in [0.29, 0.717) is 5.02 Å². The first-order valence-electron chi connectivity index (χ1n) is 6.23. The molecule has 0 aliphatic heterocycles. The molecule has 0 amide bonds. The molecule has 0 spiro atoms. The molecule has 3 aromatic rings. The Hall–Kier alpha value is -2.17. The first-order chi connectivity index (χ1) is 9.75. The molecule has 0 radical (unpaired) electrons. The van der Waals surface area contributed by atoms with Crippen LogP contribution < -0.4 is 5.73 Å². The van der Waals surface area contributed by atoms with Crippen LogP contribution in [-0.2, 0) is 0 Å². The van der Waals surface area contributed by atoms with Crippen molar-refractivity contribution in [1.29, 1.82) is 0 Å². The van der Waals surface area contributed by atoms with Crippen LogP contribution in [-0.4, -0.2) is 15.0 Å². The van der Waals surface area contributed by atoms with Crippen molar-refractivity contribution in [2.24, 2.45) is 5.73 Å². The number of hydrogen-bond acceptors (Lipinski definition) is 3. The Morgan fingerprint density at radius 1 is 1.00 bits per heavy atom. The van der Waals surface area contributed by atoms with Crippen molar-refractivity contribution in [3.8, 4) is 5.69 Å². The maximum atomic E-state index is 6.31. The van der Waals surface area contributed by atoms with Gasteiger partial charge in [-0.3, -0.25) is 0 Å². The van der Waals surface area contributed by atoms with Gasteiger partial charge in [-0.05, 0) is 29.8 Å². The maximum absolute atomic E-state index is 6.31. The van der Waals surface area contributed by atoms with Crippen LogP contribution in [0.5, 0.6) is 0 Å². The van der Waals surface area contributed by atoms with Crippen LogP contribution in [0.15, 0.2) is 60.8 Å². The summed E-state index contributed by atoms with van der Waals surface area (Å²) in [5.74, 6) is 0. The molecule has 0 aliphatic carbocycles. The van der Waals surface area contributed by atoms with Crippen LogP contribution in [0, 0.1) is 0 Å². The Morgan fingerprint density at radius 3 is 2.40 bits per heavy atom. The molecular formula is C15H13ClN4. The van der Waals surface area contributed by atoms with Gasteiger partial charge in [0.05, 0.1) is 23.6 Å². The Morgan fingerprint density at radius 2 is 1.70 bits per heavy atom. The number of halogens is 1. The molecule has 100 valence electrons. The summed E-state index contributed by atoms with van der Waals surface area (Å²) >= 11 is 5.90. The highest BCUT2D eigenvalue weighted by molar-refractivity contribution is 6.30. The van der Waals surface area contributed by atoms with E-state index in [0.717, 1.165) is 16.9 Å². The summed E-state index contributed by atoms with van der Waals surface area (Å²) in [5, 5.41) is 8.77. The van der Waals surface area contributed by atoms with Crippen molar-refractivity contribution in [2.75, 3.05) is 0 Å². The molecule has 1 heterocycles. The van der Waals surface area contributed by atoms with Crippen LogP contribution in [0.3, 0.4) is 0 Å². The molecule has 0 aliphatic rings. The lowest BCUT2D eigenvalue weighted by molar-refractivity contribution is 0.720. The molecule has 3 rings (SSSR count). The molecule has 0 saturated heterocycles. The zero-order valence-corrected chi connectivity index (χ0v) is 11.4. The minimum atomic E-state index is -0.303. The largest absolute Gasteiger partial charge is 0.319 e. The summed E-state index contributed by atoms with van der Waals surface area (Å²) in [6, 6.07) is 17.0. The molecule has 20 heavy (non-hydrogen) atoms. The fourth-order valence-corrected chi connectivity index (χ4v) is 2.19. The van der Waals surface area contributed by atoms with Crippen LogP contribution in [0.4, 0.5) is 0 Å². The standard InChI is InChI=1S/C15H13ClN4/c16-12-8-6-11(7-9-12)15(17)14-10-18-19-20(14)13-4-2-1-3-5-13/h1-10,15H,17H2. The average Bonchev–Trinajstić information content (AvgIpc) is 2.97. The predicted octanol–water partition coefficient (Wildman–Crippen LogP) is 2.97. The molecule has 2 aromatic carbocycles. The summed E-state index contributed by atoms with van der Waals surface area (Å²) in [5.41, 5.74) is 9.04. The Kier molecular flexibility index (Phi) is 3.50. The molecular weight excluding hydrogens is 272 g/mol. The molecule has 2 N–H and O–H groups in total. The quantitative estimate of drug-likeness (QED) is 0.804. The summed E-state index contributed by atoms with van der Waals surface area (Å²) < 4.78 is 1.75. The summed E-state index contributed by atoms with van der Waals surface area (Å²) in [6.45, 7) is 0. The van der Waals surface area contributed by atoms with Gasteiger partial charge in [0.2, 0.25) is 0 Å². The number of hydrogen-bond donors (Lipinski definition) is 1. The highest BCUT2D eigenvalue weighted by atomic mass is 35.5. The second-order valence-electron chi connectivity index (χ2n) is 4.44. The number of aromatic nitrogens is 3. The summed E-state index contributed by atoms with van der Waals surface area (Å²) in [6.07, 6.45) is 1.69. The lowest BCUT2D eigenvalue weighted by atomic mass is 10.1. The van der Waals surface area contributed by atoms with Crippen molar-refractivity contribution in [3.63, 3.8) is 0 Å². The van der Waals surface area contributed by atoms with Gasteiger partial charge >= 0.3 is 0 Å². The van der Waals surface area contributed by atoms with Crippen molar-refractivity contribution in [1.82, 2.24) is 15.0 Å². The van der Waals surface area contributed by atoms with Gasteiger partial charge in [0.25, 0.3) is 0 Å². The fourth-order valence-electron chi connectivity index (χ4n) is 2.07. The first kappa shape index (κ1) is 12.8. The van der Waals surface area contributed by atoms with E-state index in [4.69, 9.17) is 17.3 Å². The van der Waals surface area contributed by atoms with Gasteiger partial charge in [-0.1, -0.05) is 47.1 Å². The highest BCUT2D eigenvalue weighted by Crippen LogP contribution is 2.22. The van der Waals surface area contributed by atoms with E-state index < -0.39 is 0 Å². The maximum Gasteiger partial charge on any atom is 0.0858 e. The molecule has 1 aromatic heterocycles. The molecule has 5 heteroatoms. The Labute approximate surface area is 121 Å². The highest BCUT2D eigenvalue weighted by Gasteiger charge is 2.15. The van der Waals surface area contributed by atoms with Crippen LogP contribution >= 0.6 is 11.6 Å². The Bertz CT molecular complexity index is 691. The average molecular weight is 285 g/mol. The number of nitrogens with zero attached hydrogens (tertiary/aromatic N) is 3. The zero-order chi connectivity index (χ0) is 13.9. The van der Waals surface area contributed by atoms with E-state index >= 15 is 0 Å². The van der Waals surface area contributed by atoms with E-state index in [1.165, 1.54) is 0 Å². The van der Waals surface area contributed by atoms with Crippen molar-refractivity contribution in [2.45, 2.75) is 6.04 Å². The van der Waals surface area contributed by atoms with Crippen LogP contribution in [0.2, 0.25) is 5.02 Å². The van der Waals surface area contributed by atoms with Crippen molar-refractivity contribution >= 4 is 11.6 Å². The van der Waals surface area contributed by atoms with E-state index in [1.54, 1.807) is 10.9 Å². The topological polar surface area (TPSA) is 56.7 Å². The Balaban J connectivity index is 1.99. The van der Waals surface area contributed by atoms with Gasteiger partial charge in [0.15, 0.2) is 0 Å². The van der Waals surface area contributed by atoms with Gasteiger partial charge < -0.3 is 5.73 Å². The lowest BCUT2D eigenvalue weighted by Gasteiger charge is -2.13. The third kappa shape index (κ3) is 2.43. The first-order valence-corrected chi connectivity index (χ1v) is 6.60. The smallest absolute Gasteiger partial charge is 0.0858 e. The third-order valence-corrected chi connectivity index (χ3v) is 3.38. The normalized spacial score (nSPS) is 12.3. The zero-order valence-electron chi connectivity index (χ0n) is 10.6. The van der Waals surface area contributed by atoms with E-state index in [1.807, 2.05) is 54.6 Å². The van der Waals surface area contributed by atoms with Crippen LogP contribution in [0.1, 0.15) is 17.3 Å². The fraction of sp³-hybridized carbons (Fsp3) is 0.0667. The second-order valence-corrected chi connectivity index (χ2v) is 4.87. The van der Waals surface area contributed by atoms with Crippen LogP contribution in [0.25, 0.3) is 5.69 Å². The van der Waals surface area contributed by atoms with Gasteiger partial charge in [-0.15, -0.1) is 5.10 Å². The predicted molar refractivity (Wildman–Crippen MR) is 78.8 cm³/mol. The molecule has 1 atom stereocenters. The monoisotopic (exact) mass is 284 g/mol.